The Morgan fingerprint density at radius 1 is 1.00 bits per heavy atom. The Labute approximate surface area is 120 Å². The van der Waals surface area contributed by atoms with Crippen LogP contribution in [0.5, 0.6) is 0 Å². The van der Waals surface area contributed by atoms with Crippen molar-refractivity contribution in [1.29, 1.82) is 0 Å². The van der Waals surface area contributed by atoms with Crippen molar-refractivity contribution in [3.8, 4) is 0 Å². The van der Waals surface area contributed by atoms with Crippen molar-refractivity contribution in [1.82, 2.24) is 0 Å². The van der Waals surface area contributed by atoms with Crippen LogP contribution in [0.2, 0.25) is 0 Å². The SMILES string of the molecule is Cc1cccc(NS(=O)(=O)c2ccc(C(C)C)cc2)c1. The highest BCUT2D eigenvalue weighted by Gasteiger charge is 2.14. The van der Waals surface area contributed by atoms with Crippen LogP contribution in [-0.4, -0.2) is 8.42 Å². The maximum atomic E-state index is 12.3. The van der Waals surface area contributed by atoms with Crippen molar-refractivity contribution >= 4 is 15.7 Å². The van der Waals surface area contributed by atoms with Gasteiger partial charge in [0.05, 0.1) is 4.90 Å². The molecule has 0 fully saturated rings. The molecule has 0 aliphatic heterocycles. The number of anilines is 1. The topological polar surface area (TPSA) is 46.2 Å². The quantitative estimate of drug-likeness (QED) is 0.927. The molecule has 0 radical (unpaired) electrons. The lowest BCUT2D eigenvalue weighted by Crippen LogP contribution is -2.13. The van der Waals surface area contributed by atoms with E-state index < -0.39 is 10.0 Å². The molecule has 0 unspecified atom stereocenters. The highest BCUT2D eigenvalue weighted by atomic mass is 32.2. The fraction of sp³-hybridized carbons (Fsp3) is 0.250. The Balaban J connectivity index is 2.26. The molecule has 3 nitrogen and oxygen atoms in total. The van der Waals surface area contributed by atoms with Gasteiger partial charge in [-0.3, -0.25) is 4.72 Å². The molecule has 2 rings (SSSR count). The maximum absolute atomic E-state index is 12.3. The Kier molecular flexibility index (Phi) is 4.14. The van der Waals surface area contributed by atoms with E-state index in [4.69, 9.17) is 0 Å². The normalized spacial score (nSPS) is 11.6. The zero-order valence-electron chi connectivity index (χ0n) is 11.9. The summed E-state index contributed by atoms with van der Waals surface area (Å²) in [5, 5.41) is 0. The molecule has 0 saturated carbocycles. The van der Waals surface area contributed by atoms with E-state index in [0.29, 0.717) is 11.6 Å². The van der Waals surface area contributed by atoms with Gasteiger partial charge in [0.2, 0.25) is 0 Å². The van der Waals surface area contributed by atoms with Gasteiger partial charge in [0.1, 0.15) is 0 Å². The number of hydrogen-bond acceptors (Lipinski definition) is 2. The predicted octanol–water partition coefficient (Wildman–Crippen LogP) is 3.92. The minimum absolute atomic E-state index is 0.281. The Morgan fingerprint density at radius 2 is 1.65 bits per heavy atom. The van der Waals surface area contributed by atoms with Gasteiger partial charge in [-0.2, -0.15) is 0 Å². The lowest BCUT2D eigenvalue weighted by atomic mass is 10.0. The summed E-state index contributed by atoms with van der Waals surface area (Å²) in [4.78, 5) is 0.281. The van der Waals surface area contributed by atoms with Crippen molar-refractivity contribution in [2.45, 2.75) is 31.6 Å². The zero-order chi connectivity index (χ0) is 14.8. The van der Waals surface area contributed by atoms with Gasteiger partial charge in [0, 0.05) is 5.69 Å². The monoisotopic (exact) mass is 289 g/mol. The van der Waals surface area contributed by atoms with E-state index in [0.717, 1.165) is 11.1 Å². The van der Waals surface area contributed by atoms with Crippen molar-refractivity contribution in [2.75, 3.05) is 4.72 Å². The second kappa shape index (κ2) is 5.67. The average molecular weight is 289 g/mol. The molecule has 0 spiro atoms. The van der Waals surface area contributed by atoms with Crippen molar-refractivity contribution < 1.29 is 8.42 Å². The molecule has 0 aliphatic rings. The van der Waals surface area contributed by atoms with E-state index in [-0.39, 0.29) is 4.90 Å². The molecule has 0 aliphatic carbocycles. The first-order valence-electron chi connectivity index (χ1n) is 6.58. The number of sulfonamides is 1. The highest BCUT2D eigenvalue weighted by molar-refractivity contribution is 7.92. The second-order valence-corrected chi connectivity index (χ2v) is 6.88. The Hall–Kier alpha value is -1.81. The van der Waals surface area contributed by atoms with Gasteiger partial charge in [0.15, 0.2) is 0 Å². The summed E-state index contributed by atoms with van der Waals surface area (Å²) < 4.78 is 27.2. The van der Waals surface area contributed by atoms with Gasteiger partial charge in [-0.15, -0.1) is 0 Å². The van der Waals surface area contributed by atoms with Gasteiger partial charge in [-0.25, -0.2) is 8.42 Å². The summed E-state index contributed by atoms with van der Waals surface area (Å²) in [6.45, 7) is 6.08. The van der Waals surface area contributed by atoms with Crippen LogP contribution in [0.25, 0.3) is 0 Å². The zero-order valence-corrected chi connectivity index (χ0v) is 12.7. The van der Waals surface area contributed by atoms with Crippen LogP contribution in [0.1, 0.15) is 30.9 Å². The smallest absolute Gasteiger partial charge is 0.261 e. The number of rotatable bonds is 4. The molecule has 0 aromatic heterocycles. The molecule has 0 atom stereocenters. The summed E-state index contributed by atoms with van der Waals surface area (Å²) >= 11 is 0. The Morgan fingerprint density at radius 3 is 2.20 bits per heavy atom. The summed E-state index contributed by atoms with van der Waals surface area (Å²) in [6.07, 6.45) is 0. The summed E-state index contributed by atoms with van der Waals surface area (Å²) in [5.41, 5.74) is 2.72. The van der Waals surface area contributed by atoms with E-state index in [1.54, 1.807) is 24.3 Å². The molecule has 0 saturated heterocycles. The lowest BCUT2D eigenvalue weighted by molar-refractivity contribution is 0.601. The predicted molar refractivity (Wildman–Crippen MR) is 82.5 cm³/mol. The first-order valence-corrected chi connectivity index (χ1v) is 8.06. The number of hydrogen-bond donors (Lipinski definition) is 1. The average Bonchev–Trinajstić information content (AvgIpc) is 2.38. The molecule has 106 valence electrons. The molecular weight excluding hydrogens is 270 g/mol. The first-order chi connectivity index (χ1) is 9.38. The van der Waals surface area contributed by atoms with Crippen LogP contribution in [0.15, 0.2) is 53.4 Å². The third kappa shape index (κ3) is 3.39. The first kappa shape index (κ1) is 14.6. The molecule has 20 heavy (non-hydrogen) atoms. The number of nitrogens with one attached hydrogen (secondary N) is 1. The third-order valence-electron chi connectivity index (χ3n) is 3.13. The van der Waals surface area contributed by atoms with E-state index in [1.165, 1.54) is 0 Å². The van der Waals surface area contributed by atoms with Crippen molar-refractivity contribution in [3.05, 3.63) is 59.7 Å². The van der Waals surface area contributed by atoms with Gasteiger partial charge >= 0.3 is 0 Å². The van der Waals surface area contributed by atoms with E-state index in [9.17, 15) is 8.42 Å². The van der Waals surface area contributed by atoms with Gasteiger partial charge in [-0.05, 0) is 48.2 Å². The van der Waals surface area contributed by atoms with Crippen molar-refractivity contribution in [3.63, 3.8) is 0 Å². The largest absolute Gasteiger partial charge is 0.280 e. The summed E-state index contributed by atoms with van der Waals surface area (Å²) in [5.74, 6) is 0.386. The number of aryl methyl sites for hydroxylation is 1. The van der Waals surface area contributed by atoms with Gasteiger partial charge in [-0.1, -0.05) is 38.1 Å². The van der Waals surface area contributed by atoms with E-state index in [1.807, 2.05) is 31.2 Å². The molecular formula is C16H19NO2S. The van der Waals surface area contributed by atoms with Crippen LogP contribution >= 0.6 is 0 Å². The third-order valence-corrected chi connectivity index (χ3v) is 4.52. The lowest BCUT2D eigenvalue weighted by Gasteiger charge is -2.10. The second-order valence-electron chi connectivity index (χ2n) is 5.20. The van der Waals surface area contributed by atoms with Gasteiger partial charge < -0.3 is 0 Å². The fourth-order valence-electron chi connectivity index (χ4n) is 1.95. The molecule has 2 aromatic rings. The minimum Gasteiger partial charge on any atom is -0.280 e. The standard InChI is InChI=1S/C16H19NO2S/c1-12(2)14-7-9-16(10-8-14)20(18,19)17-15-6-4-5-13(3)11-15/h4-12,17H,1-3H3. The summed E-state index contributed by atoms with van der Waals surface area (Å²) in [6, 6.07) is 14.3. The van der Waals surface area contributed by atoms with Crippen LogP contribution in [0.4, 0.5) is 5.69 Å². The van der Waals surface area contributed by atoms with Crippen LogP contribution < -0.4 is 4.72 Å². The fourth-order valence-corrected chi connectivity index (χ4v) is 3.00. The molecule has 0 amide bonds. The van der Waals surface area contributed by atoms with Gasteiger partial charge in [0.25, 0.3) is 10.0 Å². The van der Waals surface area contributed by atoms with Crippen LogP contribution in [-0.2, 0) is 10.0 Å². The maximum Gasteiger partial charge on any atom is 0.261 e. The van der Waals surface area contributed by atoms with Crippen LogP contribution in [0, 0.1) is 6.92 Å². The molecule has 0 bridgehead atoms. The Bertz CT molecular complexity index is 689. The minimum atomic E-state index is -3.52. The summed E-state index contributed by atoms with van der Waals surface area (Å²) in [7, 11) is -3.52. The van der Waals surface area contributed by atoms with E-state index in [2.05, 4.69) is 18.6 Å². The molecule has 2 aromatic carbocycles. The van der Waals surface area contributed by atoms with Crippen molar-refractivity contribution in [2.24, 2.45) is 0 Å². The molecule has 0 heterocycles. The molecule has 1 N–H and O–H groups in total. The van der Waals surface area contributed by atoms with Crippen LogP contribution in [0.3, 0.4) is 0 Å². The highest BCUT2D eigenvalue weighted by Crippen LogP contribution is 2.20. The number of benzene rings is 2. The molecule has 4 heteroatoms. The van der Waals surface area contributed by atoms with E-state index >= 15 is 0 Å².